The third-order valence-electron chi connectivity index (χ3n) is 5.05. The van der Waals surface area contributed by atoms with Crippen LogP contribution in [0.4, 0.5) is 20.6 Å². The average Bonchev–Trinajstić information content (AvgIpc) is 3.27. The number of benzene rings is 2. The minimum Gasteiger partial charge on any atom is -0.447 e. The molecule has 2 amide bonds. The number of rotatable bonds is 5. The van der Waals surface area contributed by atoms with Gasteiger partial charge in [0.05, 0.1) is 24.3 Å². The van der Waals surface area contributed by atoms with Crippen LogP contribution >= 0.6 is 0 Å². The molecule has 1 N–H and O–H groups in total. The van der Waals surface area contributed by atoms with Gasteiger partial charge in [-0.1, -0.05) is 6.07 Å². The van der Waals surface area contributed by atoms with E-state index in [2.05, 4.69) is 10.4 Å². The second-order valence-electron chi connectivity index (χ2n) is 7.08. The molecule has 1 saturated heterocycles. The first-order valence-corrected chi connectivity index (χ1v) is 9.57. The minimum absolute atomic E-state index is 0.148. The summed E-state index contributed by atoms with van der Waals surface area (Å²) in [4.78, 5) is 25.9. The van der Waals surface area contributed by atoms with Gasteiger partial charge in [-0.15, -0.1) is 0 Å². The number of nitrogens with one attached hydrogen (secondary N) is 1. The van der Waals surface area contributed by atoms with Crippen LogP contribution in [0.25, 0.3) is 5.69 Å². The summed E-state index contributed by atoms with van der Waals surface area (Å²) in [7, 11) is 0. The van der Waals surface area contributed by atoms with Crippen molar-refractivity contribution in [1.29, 1.82) is 0 Å². The van der Waals surface area contributed by atoms with Crippen molar-refractivity contribution in [3.63, 3.8) is 0 Å². The highest BCUT2D eigenvalue weighted by molar-refractivity contribution is 5.94. The lowest BCUT2D eigenvalue weighted by atomic mass is 10.1. The van der Waals surface area contributed by atoms with Crippen LogP contribution in [0.2, 0.25) is 0 Å². The number of ether oxygens (including phenoxy) is 1. The highest BCUT2D eigenvalue weighted by Gasteiger charge is 2.24. The Labute approximate surface area is 173 Å². The Hall–Kier alpha value is -3.68. The SMILES string of the molecule is Cc1nn(-c2ccc(F)cc2)c(C)c1CC(=O)Nc1cccc(N2CCOC2=O)c1. The number of amides is 2. The molecule has 0 bridgehead atoms. The fourth-order valence-electron chi connectivity index (χ4n) is 3.51. The van der Waals surface area contributed by atoms with Crippen LogP contribution in [0, 0.1) is 19.7 Å². The van der Waals surface area contributed by atoms with Crippen LogP contribution in [0.3, 0.4) is 0 Å². The molecule has 1 fully saturated rings. The fourth-order valence-corrected chi connectivity index (χ4v) is 3.51. The van der Waals surface area contributed by atoms with E-state index in [1.165, 1.54) is 17.0 Å². The van der Waals surface area contributed by atoms with E-state index in [9.17, 15) is 14.0 Å². The quantitative estimate of drug-likeness (QED) is 0.697. The summed E-state index contributed by atoms with van der Waals surface area (Å²) < 4.78 is 19.9. The van der Waals surface area contributed by atoms with Crippen molar-refractivity contribution >= 4 is 23.4 Å². The predicted molar refractivity (Wildman–Crippen MR) is 110 cm³/mol. The number of hydrogen-bond acceptors (Lipinski definition) is 4. The number of aryl methyl sites for hydroxylation is 1. The summed E-state index contributed by atoms with van der Waals surface area (Å²) in [6.07, 6.45) is -0.243. The zero-order chi connectivity index (χ0) is 21.3. The fraction of sp³-hybridized carbons (Fsp3) is 0.227. The number of carbonyl (C=O) groups excluding carboxylic acids is 2. The third-order valence-corrected chi connectivity index (χ3v) is 5.05. The Kier molecular flexibility index (Phi) is 5.22. The first-order valence-electron chi connectivity index (χ1n) is 9.57. The molecule has 7 nitrogen and oxygen atoms in total. The maximum absolute atomic E-state index is 13.2. The van der Waals surface area contributed by atoms with E-state index in [0.29, 0.717) is 24.5 Å². The van der Waals surface area contributed by atoms with Crippen LogP contribution in [0.1, 0.15) is 17.0 Å². The summed E-state index contributed by atoms with van der Waals surface area (Å²) in [5.41, 5.74) is 4.37. The molecule has 0 atom stereocenters. The molecule has 1 aliphatic heterocycles. The third kappa shape index (κ3) is 3.89. The van der Waals surface area contributed by atoms with E-state index in [4.69, 9.17) is 4.74 Å². The average molecular weight is 408 g/mol. The molecule has 2 aromatic carbocycles. The van der Waals surface area contributed by atoms with Crippen LogP contribution in [-0.2, 0) is 16.0 Å². The van der Waals surface area contributed by atoms with E-state index in [1.54, 1.807) is 41.1 Å². The Balaban J connectivity index is 1.50. The summed E-state index contributed by atoms with van der Waals surface area (Å²) >= 11 is 0. The second-order valence-corrected chi connectivity index (χ2v) is 7.08. The second kappa shape index (κ2) is 7.98. The molecule has 0 spiro atoms. The zero-order valence-corrected chi connectivity index (χ0v) is 16.7. The van der Waals surface area contributed by atoms with Crippen molar-refractivity contribution in [2.24, 2.45) is 0 Å². The topological polar surface area (TPSA) is 76.5 Å². The van der Waals surface area contributed by atoms with Gasteiger partial charge in [-0.3, -0.25) is 9.69 Å². The summed E-state index contributed by atoms with van der Waals surface area (Å²) in [6, 6.07) is 13.1. The molecule has 154 valence electrons. The molecule has 30 heavy (non-hydrogen) atoms. The Morgan fingerprint density at radius 3 is 2.63 bits per heavy atom. The van der Waals surface area contributed by atoms with Gasteiger partial charge in [0.15, 0.2) is 0 Å². The molecule has 1 aromatic heterocycles. The van der Waals surface area contributed by atoms with Crippen LogP contribution in [0.15, 0.2) is 48.5 Å². The lowest BCUT2D eigenvalue weighted by Crippen LogP contribution is -2.23. The molecule has 0 aliphatic carbocycles. The van der Waals surface area contributed by atoms with Gasteiger partial charge < -0.3 is 10.1 Å². The van der Waals surface area contributed by atoms with Gasteiger partial charge in [-0.25, -0.2) is 13.9 Å². The predicted octanol–water partition coefficient (Wildman–Crippen LogP) is 3.77. The highest BCUT2D eigenvalue weighted by Crippen LogP contribution is 2.23. The van der Waals surface area contributed by atoms with Crippen LogP contribution < -0.4 is 10.2 Å². The maximum Gasteiger partial charge on any atom is 0.414 e. The van der Waals surface area contributed by atoms with Gasteiger partial charge in [0.1, 0.15) is 12.4 Å². The summed E-state index contributed by atoms with van der Waals surface area (Å²) in [5.74, 6) is -0.509. The molecule has 1 aliphatic rings. The van der Waals surface area contributed by atoms with Gasteiger partial charge in [-0.2, -0.15) is 5.10 Å². The molecule has 0 saturated carbocycles. The lowest BCUT2D eigenvalue weighted by Gasteiger charge is -2.14. The van der Waals surface area contributed by atoms with Crippen molar-refractivity contribution in [1.82, 2.24) is 9.78 Å². The zero-order valence-electron chi connectivity index (χ0n) is 16.7. The number of carbonyl (C=O) groups is 2. The van der Waals surface area contributed by atoms with Gasteiger partial charge in [-0.05, 0) is 56.3 Å². The molecule has 8 heteroatoms. The normalized spacial score (nSPS) is 13.4. The smallest absolute Gasteiger partial charge is 0.414 e. The van der Waals surface area contributed by atoms with Gasteiger partial charge >= 0.3 is 6.09 Å². The molecule has 3 aromatic rings. The Morgan fingerprint density at radius 1 is 1.17 bits per heavy atom. The van der Waals surface area contributed by atoms with Crippen molar-refractivity contribution < 1.29 is 18.7 Å². The van der Waals surface area contributed by atoms with E-state index < -0.39 is 6.09 Å². The number of nitrogens with zero attached hydrogens (tertiary/aromatic N) is 3. The standard InChI is InChI=1S/C22H21FN4O3/c1-14-20(15(2)27(25-14)18-8-6-16(23)7-9-18)13-21(28)24-17-4-3-5-19(12-17)26-10-11-30-22(26)29/h3-9,12H,10-11,13H2,1-2H3,(H,24,28). The van der Waals surface area contributed by atoms with Gasteiger partial charge in [0.25, 0.3) is 0 Å². The van der Waals surface area contributed by atoms with Gasteiger partial charge in [0, 0.05) is 22.6 Å². The summed E-state index contributed by atoms with van der Waals surface area (Å²) in [6.45, 7) is 4.56. The number of cyclic esters (lactones) is 1. The monoisotopic (exact) mass is 408 g/mol. The van der Waals surface area contributed by atoms with E-state index in [1.807, 2.05) is 13.8 Å². The van der Waals surface area contributed by atoms with E-state index >= 15 is 0 Å². The molecule has 0 unspecified atom stereocenters. The number of hydrogen-bond donors (Lipinski definition) is 1. The number of aromatic nitrogens is 2. The van der Waals surface area contributed by atoms with Gasteiger partial charge in [0.2, 0.25) is 5.91 Å². The first kappa shape index (κ1) is 19.6. The van der Waals surface area contributed by atoms with Crippen molar-refractivity contribution in [2.75, 3.05) is 23.4 Å². The van der Waals surface area contributed by atoms with Crippen LogP contribution in [0.5, 0.6) is 0 Å². The van der Waals surface area contributed by atoms with E-state index in [0.717, 1.165) is 22.6 Å². The largest absolute Gasteiger partial charge is 0.447 e. The Morgan fingerprint density at radius 2 is 1.93 bits per heavy atom. The first-order chi connectivity index (χ1) is 14.4. The number of anilines is 2. The highest BCUT2D eigenvalue weighted by atomic mass is 19.1. The van der Waals surface area contributed by atoms with Crippen molar-refractivity contribution in [2.45, 2.75) is 20.3 Å². The van der Waals surface area contributed by atoms with Crippen LogP contribution in [-0.4, -0.2) is 34.9 Å². The van der Waals surface area contributed by atoms with Crippen molar-refractivity contribution in [3.8, 4) is 5.69 Å². The Bertz CT molecular complexity index is 1110. The molecule has 0 radical (unpaired) electrons. The molecular formula is C22H21FN4O3. The minimum atomic E-state index is -0.391. The summed E-state index contributed by atoms with van der Waals surface area (Å²) in [5, 5.41) is 7.38. The van der Waals surface area contributed by atoms with E-state index in [-0.39, 0.29) is 18.1 Å². The lowest BCUT2D eigenvalue weighted by molar-refractivity contribution is -0.115. The molecular weight excluding hydrogens is 387 g/mol. The number of halogens is 1. The molecule has 4 rings (SSSR count). The van der Waals surface area contributed by atoms with Crippen molar-refractivity contribution in [3.05, 3.63) is 71.3 Å². The molecule has 2 heterocycles. The maximum atomic E-state index is 13.2.